The zero-order valence-electron chi connectivity index (χ0n) is 9.80. The fourth-order valence-corrected chi connectivity index (χ4v) is 1.98. The van der Waals surface area contributed by atoms with E-state index in [1.54, 1.807) is 28.8 Å². The van der Waals surface area contributed by atoms with Crippen LogP contribution in [0.5, 0.6) is 0 Å². The molecule has 0 radical (unpaired) electrons. The highest BCUT2D eigenvalue weighted by molar-refractivity contribution is 5.93. The highest BCUT2D eigenvalue weighted by Gasteiger charge is 2.25. The largest absolute Gasteiger partial charge is 0.397 e. The second-order valence-corrected chi connectivity index (χ2v) is 4.20. The van der Waals surface area contributed by atoms with E-state index in [1.165, 1.54) is 0 Å². The van der Waals surface area contributed by atoms with Crippen molar-refractivity contribution in [1.29, 1.82) is 0 Å². The van der Waals surface area contributed by atoms with E-state index in [9.17, 15) is 4.79 Å². The van der Waals surface area contributed by atoms with Gasteiger partial charge in [-0.25, -0.2) is 0 Å². The zero-order chi connectivity index (χ0) is 12.4. The van der Waals surface area contributed by atoms with Gasteiger partial charge in [-0.05, 0) is 6.07 Å². The number of amides is 1. The highest BCUT2D eigenvalue weighted by atomic mass is 16.5. The normalized spacial score (nSPS) is 20.6. The van der Waals surface area contributed by atoms with Crippen molar-refractivity contribution in [3.05, 3.63) is 18.0 Å². The summed E-state index contributed by atoms with van der Waals surface area (Å²) in [6, 6.07) is 1.66. The molecule has 1 aliphatic rings. The van der Waals surface area contributed by atoms with E-state index < -0.39 is 0 Å². The summed E-state index contributed by atoms with van der Waals surface area (Å²) < 4.78 is 7.01. The molecule has 6 heteroatoms. The third-order valence-corrected chi connectivity index (χ3v) is 2.87. The summed E-state index contributed by atoms with van der Waals surface area (Å²) in [5.74, 6) is -0.0778. The number of morpholine rings is 1. The molecular weight excluding hydrogens is 222 g/mol. The summed E-state index contributed by atoms with van der Waals surface area (Å²) in [7, 11) is 1.79. The van der Waals surface area contributed by atoms with E-state index in [0.29, 0.717) is 31.1 Å². The van der Waals surface area contributed by atoms with Gasteiger partial charge in [0, 0.05) is 26.3 Å². The number of hydrogen-bond acceptors (Lipinski definition) is 4. The van der Waals surface area contributed by atoms with Crippen molar-refractivity contribution >= 4 is 11.6 Å². The van der Waals surface area contributed by atoms with Crippen molar-refractivity contribution in [2.24, 2.45) is 7.05 Å². The third-order valence-electron chi connectivity index (χ3n) is 2.87. The number of rotatable bonds is 2. The number of aryl methyl sites for hydroxylation is 1. The number of ether oxygens (including phenoxy) is 1. The van der Waals surface area contributed by atoms with Gasteiger partial charge < -0.3 is 25.0 Å². The maximum absolute atomic E-state index is 12.2. The highest BCUT2D eigenvalue weighted by Crippen LogP contribution is 2.14. The molecule has 0 bridgehead atoms. The van der Waals surface area contributed by atoms with Gasteiger partial charge in [0.25, 0.3) is 5.91 Å². The second-order valence-electron chi connectivity index (χ2n) is 4.20. The van der Waals surface area contributed by atoms with E-state index in [0.717, 1.165) is 0 Å². The fourth-order valence-electron chi connectivity index (χ4n) is 1.98. The Morgan fingerprint density at radius 2 is 2.47 bits per heavy atom. The summed E-state index contributed by atoms with van der Waals surface area (Å²) in [5, 5.41) is 9.03. The predicted molar refractivity (Wildman–Crippen MR) is 62.6 cm³/mol. The molecule has 3 N–H and O–H groups in total. The first kappa shape index (κ1) is 11.9. The first-order valence-corrected chi connectivity index (χ1v) is 5.55. The molecule has 0 saturated carbocycles. The fraction of sp³-hybridized carbons (Fsp3) is 0.545. The van der Waals surface area contributed by atoms with Crippen molar-refractivity contribution in [1.82, 2.24) is 9.47 Å². The molecule has 2 heterocycles. The third kappa shape index (κ3) is 2.42. The van der Waals surface area contributed by atoms with Gasteiger partial charge in [-0.2, -0.15) is 0 Å². The Labute approximate surface area is 99.6 Å². The van der Waals surface area contributed by atoms with Gasteiger partial charge in [-0.3, -0.25) is 4.79 Å². The van der Waals surface area contributed by atoms with Crippen LogP contribution in [-0.4, -0.2) is 52.9 Å². The molecule has 1 fully saturated rings. The molecule has 0 aromatic carbocycles. The van der Waals surface area contributed by atoms with Crippen molar-refractivity contribution < 1.29 is 14.6 Å². The number of aliphatic hydroxyl groups excluding tert-OH is 1. The molecule has 17 heavy (non-hydrogen) atoms. The van der Waals surface area contributed by atoms with Gasteiger partial charge in [0.15, 0.2) is 0 Å². The predicted octanol–water partition coefficient (Wildman–Crippen LogP) is -0.559. The molecule has 6 nitrogen and oxygen atoms in total. The number of carbonyl (C=O) groups excluding carboxylic acids is 1. The minimum atomic E-state index is -0.287. The molecule has 1 aromatic rings. The van der Waals surface area contributed by atoms with Gasteiger partial charge in [0.1, 0.15) is 5.69 Å². The van der Waals surface area contributed by atoms with Gasteiger partial charge in [-0.1, -0.05) is 0 Å². The number of nitrogens with two attached hydrogens (primary N) is 1. The summed E-state index contributed by atoms with van der Waals surface area (Å²) in [5.41, 5.74) is 6.77. The first-order valence-electron chi connectivity index (χ1n) is 5.55. The van der Waals surface area contributed by atoms with E-state index in [1.807, 2.05) is 0 Å². The molecule has 2 rings (SSSR count). The Kier molecular flexibility index (Phi) is 3.35. The van der Waals surface area contributed by atoms with Gasteiger partial charge in [-0.15, -0.1) is 0 Å². The number of anilines is 1. The van der Waals surface area contributed by atoms with Gasteiger partial charge in [0.05, 0.1) is 25.0 Å². The van der Waals surface area contributed by atoms with Crippen LogP contribution >= 0.6 is 0 Å². The van der Waals surface area contributed by atoms with Crippen LogP contribution < -0.4 is 5.73 Å². The maximum Gasteiger partial charge on any atom is 0.270 e. The topological polar surface area (TPSA) is 80.7 Å². The Balaban J connectivity index is 2.12. The van der Waals surface area contributed by atoms with Crippen LogP contribution in [0, 0.1) is 0 Å². The maximum atomic E-state index is 12.2. The van der Waals surface area contributed by atoms with Crippen LogP contribution in [0.2, 0.25) is 0 Å². The van der Waals surface area contributed by atoms with E-state index in [2.05, 4.69) is 0 Å². The Hall–Kier alpha value is -1.53. The standard InChI is InChI=1S/C11H17N3O3/c1-13-5-8(12)4-10(13)11(16)14-2-3-17-9(6-14)7-15/h4-5,9,15H,2-3,6-7,12H2,1H3. The van der Waals surface area contributed by atoms with Crippen LogP contribution in [0.4, 0.5) is 5.69 Å². The summed E-state index contributed by atoms with van der Waals surface area (Å²) >= 11 is 0. The molecule has 1 atom stereocenters. The monoisotopic (exact) mass is 239 g/mol. The summed E-state index contributed by atoms with van der Waals surface area (Å²) in [6.07, 6.45) is 1.42. The van der Waals surface area contributed by atoms with Crippen LogP contribution in [0.25, 0.3) is 0 Å². The molecule has 1 unspecified atom stereocenters. The van der Waals surface area contributed by atoms with Crippen molar-refractivity contribution in [2.75, 3.05) is 32.0 Å². The molecule has 1 amide bonds. The van der Waals surface area contributed by atoms with E-state index in [4.69, 9.17) is 15.6 Å². The molecule has 0 aliphatic carbocycles. The van der Waals surface area contributed by atoms with Gasteiger partial charge in [0.2, 0.25) is 0 Å². The minimum absolute atomic E-state index is 0.0704. The number of hydrogen-bond donors (Lipinski definition) is 2. The lowest BCUT2D eigenvalue weighted by atomic mass is 10.2. The minimum Gasteiger partial charge on any atom is -0.397 e. The molecule has 94 valence electrons. The summed E-state index contributed by atoms with van der Waals surface area (Å²) in [6.45, 7) is 1.34. The van der Waals surface area contributed by atoms with Gasteiger partial charge >= 0.3 is 0 Å². The van der Waals surface area contributed by atoms with Crippen LogP contribution in [0.3, 0.4) is 0 Å². The first-order chi connectivity index (χ1) is 8.11. The number of carbonyl (C=O) groups is 1. The van der Waals surface area contributed by atoms with Crippen LogP contribution in [0.15, 0.2) is 12.3 Å². The Morgan fingerprint density at radius 1 is 1.71 bits per heavy atom. The lowest BCUT2D eigenvalue weighted by Gasteiger charge is -2.32. The molecule has 1 aliphatic heterocycles. The molecule has 1 saturated heterocycles. The molecule has 1 aromatic heterocycles. The second kappa shape index (κ2) is 4.77. The number of aromatic nitrogens is 1. The van der Waals surface area contributed by atoms with Crippen LogP contribution in [0.1, 0.15) is 10.5 Å². The van der Waals surface area contributed by atoms with Crippen molar-refractivity contribution in [2.45, 2.75) is 6.10 Å². The number of nitrogen functional groups attached to an aromatic ring is 1. The molecular formula is C11H17N3O3. The van der Waals surface area contributed by atoms with E-state index in [-0.39, 0.29) is 18.6 Å². The number of aliphatic hydroxyl groups is 1. The molecule has 0 spiro atoms. The van der Waals surface area contributed by atoms with E-state index >= 15 is 0 Å². The Bertz CT molecular complexity index is 416. The quantitative estimate of drug-likeness (QED) is 0.725. The van der Waals surface area contributed by atoms with Crippen molar-refractivity contribution in [3.63, 3.8) is 0 Å². The number of nitrogens with zero attached hydrogens (tertiary/aromatic N) is 2. The average Bonchev–Trinajstić information content (AvgIpc) is 2.67. The smallest absolute Gasteiger partial charge is 0.270 e. The zero-order valence-corrected chi connectivity index (χ0v) is 9.80. The average molecular weight is 239 g/mol. The van der Waals surface area contributed by atoms with Crippen molar-refractivity contribution in [3.8, 4) is 0 Å². The summed E-state index contributed by atoms with van der Waals surface area (Å²) in [4.78, 5) is 13.9. The SMILES string of the molecule is Cn1cc(N)cc1C(=O)N1CCOC(CO)C1. The lowest BCUT2D eigenvalue weighted by Crippen LogP contribution is -2.47. The Morgan fingerprint density at radius 3 is 3.06 bits per heavy atom. The lowest BCUT2D eigenvalue weighted by molar-refractivity contribution is -0.0449. The van der Waals surface area contributed by atoms with Crippen LogP contribution in [-0.2, 0) is 11.8 Å².